The average Bonchev–Trinajstić information content (AvgIpc) is 2.95. The molecule has 3 saturated heterocycles. The fourth-order valence-electron chi connectivity index (χ4n) is 4.41. The van der Waals surface area contributed by atoms with Gasteiger partial charge < -0.3 is 19.3 Å². The highest BCUT2D eigenvalue weighted by molar-refractivity contribution is 6.30. The van der Waals surface area contributed by atoms with Gasteiger partial charge in [0, 0.05) is 31.1 Å². The molecule has 26 heavy (non-hydrogen) atoms. The molecule has 3 aliphatic rings. The van der Waals surface area contributed by atoms with Gasteiger partial charge in [-0.05, 0) is 49.0 Å². The van der Waals surface area contributed by atoms with Crippen LogP contribution >= 0.6 is 11.6 Å². The van der Waals surface area contributed by atoms with Gasteiger partial charge in [-0.3, -0.25) is 4.79 Å². The minimum Gasteiger partial charge on any atom is -0.376 e. The maximum Gasteiger partial charge on any atom is 0.223 e. The molecular formula is C20H27ClN2O3. The topological polar surface area (TPSA) is 42.0 Å². The standard InChI is InChI=1S/C20H27ClN2O3/c21-17-3-1-16(2-4-17)12-23-15-20(11-19(23)24)5-7-22(8-6-20)13-18-14-25-9-10-26-18/h1-4,18H,5-15H2. The van der Waals surface area contributed by atoms with Gasteiger partial charge in [-0.2, -0.15) is 0 Å². The van der Waals surface area contributed by atoms with Crippen LogP contribution in [0.1, 0.15) is 24.8 Å². The Bertz CT molecular complexity index is 622. The summed E-state index contributed by atoms with van der Waals surface area (Å²) in [4.78, 5) is 17.1. The Morgan fingerprint density at radius 2 is 1.92 bits per heavy atom. The molecule has 0 N–H and O–H groups in total. The molecule has 1 amide bonds. The summed E-state index contributed by atoms with van der Waals surface area (Å²) >= 11 is 5.96. The van der Waals surface area contributed by atoms with Gasteiger partial charge in [-0.25, -0.2) is 0 Å². The molecule has 4 rings (SSSR count). The maximum absolute atomic E-state index is 12.6. The second-order valence-electron chi connectivity index (χ2n) is 7.92. The first kappa shape index (κ1) is 18.2. The molecule has 1 aromatic rings. The molecule has 1 atom stereocenters. The van der Waals surface area contributed by atoms with E-state index in [0.29, 0.717) is 32.8 Å². The third kappa shape index (κ3) is 4.22. The molecule has 6 heteroatoms. The van der Waals surface area contributed by atoms with E-state index in [1.807, 2.05) is 29.2 Å². The minimum absolute atomic E-state index is 0.157. The van der Waals surface area contributed by atoms with Crippen LogP contribution in [-0.4, -0.2) is 67.8 Å². The largest absolute Gasteiger partial charge is 0.376 e. The van der Waals surface area contributed by atoms with Crippen molar-refractivity contribution < 1.29 is 14.3 Å². The van der Waals surface area contributed by atoms with Crippen LogP contribution in [-0.2, 0) is 20.8 Å². The maximum atomic E-state index is 12.6. The molecule has 1 spiro atoms. The van der Waals surface area contributed by atoms with E-state index in [1.54, 1.807) is 0 Å². The molecule has 3 heterocycles. The zero-order valence-electron chi connectivity index (χ0n) is 15.2. The van der Waals surface area contributed by atoms with E-state index in [4.69, 9.17) is 21.1 Å². The van der Waals surface area contributed by atoms with E-state index in [2.05, 4.69) is 4.90 Å². The van der Waals surface area contributed by atoms with E-state index < -0.39 is 0 Å². The van der Waals surface area contributed by atoms with Crippen molar-refractivity contribution in [2.24, 2.45) is 5.41 Å². The Hall–Kier alpha value is -1.14. The number of hydrogen-bond donors (Lipinski definition) is 0. The number of amides is 1. The van der Waals surface area contributed by atoms with Gasteiger partial charge in [0.2, 0.25) is 5.91 Å². The summed E-state index contributed by atoms with van der Waals surface area (Å²) in [5.41, 5.74) is 1.30. The van der Waals surface area contributed by atoms with Crippen molar-refractivity contribution in [2.45, 2.75) is 31.9 Å². The van der Waals surface area contributed by atoms with Crippen molar-refractivity contribution in [1.82, 2.24) is 9.80 Å². The van der Waals surface area contributed by atoms with Gasteiger partial charge in [0.25, 0.3) is 0 Å². The third-order valence-corrected chi connectivity index (χ3v) is 6.21. The molecule has 1 aromatic carbocycles. The molecule has 0 bridgehead atoms. The quantitative estimate of drug-likeness (QED) is 0.807. The van der Waals surface area contributed by atoms with E-state index in [9.17, 15) is 4.79 Å². The number of piperidine rings is 1. The summed E-state index contributed by atoms with van der Waals surface area (Å²) < 4.78 is 11.3. The van der Waals surface area contributed by atoms with Crippen LogP contribution in [0.2, 0.25) is 5.02 Å². The summed E-state index contributed by atoms with van der Waals surface area (Å²) in [6.07, 6.45) is 3.06. The van der Waals surface area contributed by atoms with E-state index in [1.165, 1.54) is 0 Å². The number of benzene rings is 1. The lowest BCUT2D eigenvalue weighted by atomic mass is 9.77. The van der Waals surface area contributed by atoms with E-state index >= 15 is 0 Å². The lowest BCUT2D eigenvalue weighted by Crippen LogP contribution is -2.46. The van der Waals surface area contributed by atoms with Crippen molar-refractivity contribution in [3.05, 3.63) is 34.9 Å². The summed E-state index contributed by atoms with van der Waals surface area (Å²) in [6.45, 7) is 6.72. The summed E-state index contributed by atoms with van der Waals surface area (Å²) in [7, 11) is 0. The molecule has 3 fully saturated rings. The van der Waals surface area contributed by atoms with Crippen LogP contribution in [0.15, 0.2) is 24.3 Å². The lowest BCUT2D eigenvalue weighted by Gasteiger charge is -2.40. The average molecular weight is 379 g/mol. The number of ether oxygens (including phenoxy) is 2. The van der Waals surface area contributed by atoms with Gasteiger partial charge >= 0.3 is 0 Å². The number of rotatable bonds is 4. The zero-order chi connectivity index (χ0) is 18.0. The highest BCUT2D eigenvalue weighted by Gasteiger charge is 2.44. The van der Waals surface area contributed by atoms with Crippen LogP contribution in [0.5, 0.6) is 0 Å². The van der Waals surface area contributed by atoms with Crippen LogP contribution in [0.25, 0.3) is 0 Å². The van der Waals surface area contributed by atoms with Gasteiger partial charge in [0.15, 0.2) is 0 Å². The number of carbonyl (C=O) groups is 1. The molecule has 3 aliphatic heterocycles. The van der Waals surface area contributed by atoms with E-state index in [0.717, 1.165) is 49.6 Å². The number of carbonyl (C=O) groups excluding carboxylic acids is 1. The van der Waals surface area contributed by atoms with Gasteiger partial charge in [-0.1, -0.05) is 23.7 Å². The van der Waals surface area contributed by atoms with Crippen molar-refractivity contribution >= 4 is 17.5 Å². The predicted octanol–water partition coefficient (Wildman–Crippen LogP) is 2.57. The second kappa shape index (κ2) is 7.85. The molecule has 1 unspecified atom stereocenters. The molecule has 0 radical (unpaired) electrons. The summed E-state index contributed by atoms with van der Waals surface area (Å²) in [5.74, 6) is 0.289. The van der Waals surface area contributed by atoms with Crippen molar-refractivity contribution in [1.29, 1.82) is 0 Å². The Morgan fingerprint density at radius 1 is 1.15 bits per heavy atom. The Labute approximate surface area is 160 Å². The fourth-order valence-corrected chi connectivity index (χ4v) is 4.54. The number of hydrogen-bond acceptors (Lipinski definition) is 4. The molecule has 0 aromatic heterocycles. The van der Waals surface area contributed by atoms with Gasteiger partial charge in [0.1, 0.15) is 0 Å². The summed E-state index contributed by atoms with van der Waals surface area (Å²) in [5, 5.41) is 0.734. The first-order valence-corrected chi connectivity index (χ1v) is 9.94. The van der Waals surface area contributed by atoms with E-state index in [-0.39, 0.29) is 17.4 Å². The number of likely N-dealkylation sites (tertiary alicyclic amines) is 2. The van der Waals surface area contributed by atoms with Crippen molar-refractivity contribution in [3.8, 4) is 0 Å². The third-order valence-electron chi connectivity index (χ3n) is 5.96. The second-order valence-corrected chi connectivity index (χ2v) is 8.36. The van der Waals surface area contributed by atoms with Gasteiger partial charge in [-0.15, -0.1) is 0 Å². The van der Waals surface area contributed by atoms with Crippen molar-refractivity contribution in [3.63, 3.8) is 0 Å². The minimum atomic E-state index is 0.157. The Kier molecular flexibility index (Phi) is 5.50. The predicted molar refractivity (Wildman–Crippen MR) is 100 cm³/mol. The molecular weight excluding hydrogens is 352 g/mol. The number of nitrogens with zero attached hydrogens (tertiary/aromatic N) is 2. The fraction of sp³-hybridized carbons (Fsp3) is 0.650. The van der Waals surface area contributed by atoms with Crippen LogP contribution < -0.4 is 0 Å². The van der Waals surface area contributed by atoms with Crippen LogP contribution in [0.3, 0.4) is 0 Å². The normalized spacial score (nSPS) is 26.6. The lowest BCUT2D eigenvalue weighted by molar-refractivity contribution is -0.128. The van der Waals surface area contributed by atoms with Crippen LogP contribution in [0.4, 0.5) is 0 Å². The molecule has 5 nitrogen and oxygen atoms in total. The highest BCUT2D eigenvalue weighted by atomic mass is 35.5. The van der Waals surface area contributed by atoms with Crippen molar-refractivity contribution in [2.75, 3.05) is 46.0 Å². The molecule has 0 saturated carbocycles. The molecule has 142 valence electrons. The smallest absolute Gasteiger partial charge is 0.223 e. The SMILES string of the molecule is O=C1CC2(CCN(CC3COCCO3)CC2)CN1Cc1ccc(Cl)cc1. The van der Waals surface area contributed by atoms with Crippen LogP contribution in [0, 0.1) is 5.41 Å². The van der Waals surface area contributed by atoms with Gasteiger partial charge in [0.05, 0.1) is 25.9 Å². The first-order chi connectivity index (χ1) is 12.6. The highest BCUT2D eigenvalue weighted by Crippen LogP contribution is 2.41. The first-order valence-electron chi connectivity index (χ1n) is 9.56. The number of halogens is 1. The monoisotopic (exact) mass is 378 g/mol. The molecule has 0 aliphatic carbocycles. The summed E-state index contributed by atoms with van der Waals surface area (Å²) in [6, 6.07) is 7.80. The zero-order valence-corrected chi connectivity index (χ0v) is 15.9. The Balaban J connectivity index is 1.30. The Morgan fingerprint density at radius 3 is 2.62 bits per heavy atom.